The third-order valence-electron chi connectivity index (χ3n) is 15.4. The zero-order valence-electron chi connectivity index (χ0n) is 38.6. The molecule has 2 aliphatic carbocycles. The minimum Gasteiger partial charge on any atom is -0.497 e. The average Bonchev–Trinajstić information content (AvgIpc) is 3.66. The van der Waals surface area contributed by atoms with Crippen LogP contribution >= 0.6 is 0 Å². The molecule has 1 saturated carbocycles. The third kappa shape index (κ3) is 6.86. The Balaban J connectivity index is 1.25. The number of anilines is 1. The van der Waals surface area contributed by atoms with Crippen molar-refractivity contribution in [2.75, 3.05) is 52.5 Å². The quantitative estimate of drug-likeness (QED) is 0.0392. The van der Waals surface area contributed by atoms with E-state index in [2.05, 4.69) is 102 Å². The van der Waals surface area contributed by atoms with Crippen LogP contribution in [0.15, 0.2) is 108 Å². The van der Waals surface area contributed by atoms with Crippen molar-refractivity contribution < 1.29 is 33.6 Å². The van der Waals surface area contributed by atoms with E-state index in [1.54, 1.807) is 21.3 Å². The monoisotopic (exact) mass is 884 g/mol. The van der Waals surface area contributed by atoms with Crippen molar-refractivity contribution in [1.82, 2.24) is 0 Å². The number of morpholine rings is 1. The molecule has 1 atom stereocenters. The maximum atomic E-state index is 8.82. The SMILES string of the molecule is CCC1(CC)CCC2(CC1)c1ccccc1-c1c2c2c(c3cc(OC)c(-c4ccc(OC)cc4OC)cc13)OC(c1ccc(N3CCOCC3)cc1)(c1ccc(OON=[N+]=[N-])cc1C)C=C2. The van der Waals surface area contributed by atoms with Crippen LogP contribution in [0, 0.1) is 12.3 Å². The minimum atomic E-state index is -1.08. The second-order valence-electron chi connectivity index (χ2n) is 18.1. The Labute approximate surface area is 386 Å². The van der Waals surface area contributed by atoms with Crippen LogP contribution in [-0.2, 0) is 20.7 Å². The van der Waals surface area contributed by atoms with E-state index in [1.807, 2.05) is 43.3 Å². The predicted molar refractivity (Wildman–Crippen MR) is 259 cm³/mol. The van der Waals surface area contributed by atoms with Crippen molar-refractivity contribution in [1.29, 1.82) is 0 Å². The minimum absolute atomic E-state index is 0.218. The van der Waals surface area contributed by atoms with E-state index in [0.717, 1.165) is 94.4 Å². The lowest BCUT2D eigenvalue weighted by Gasteiger charge is -2.47. The molecule has 2 aliphatic heterocycles. The van der Waals surface area contributed by atoms with Gasteiger partial charge in [0.15, 0.2) is 16.6 Å². The number of azide groups is 1. The van der Waals surface area contributed by atoms with Crippen LogP contribution in [0.4, 0.5) is 5.69 Å². The largest absolute Gasteiger partial charge is 0.497 e. The van der Waals surface area contributed by atoms with Crippen molar-refractivity contribution >= 4 is 22.5 Å². The van der Waals surface area contributed by atoms with Crippen LogP contribution in [0.3, 0.4) is 0 Å². The summed E-state index contributed by atoms with van der Waals surface area (Å²) in [6.07, 6.45) is 11.3. The van der Waals surface area contributed by atoms with E-state index in [9.17, 15) is 0 Å². The average molecular weight is 885 g/mol. The lowest BCUT2D eigenvalue weighted by molar-refractivity contribution is -0.209. The Morgan fingerprint density at radius 1 is 0.727 bits per heavy atom. The van der Waals surface area contributed by atoms with Crippen LogP contribution in [-0.4, -0.2) is 47.6 Å². The lowest BCUT2D eigenvalue weighted by atomic mass is 9.58. The van der Waals surface area contributed by atoms with Gasteiger partial charge in [-0.25, -0.2) is 4.99 Å². The number of benzene rings is 6. The molecule has 11 nitrogen and oxygen atoms in total. The summed E-state index contributed by atoms with van der Waals surface area (Å²) in [4.78, 5) is 15.1. The van der Waals surface area contributed by atoms with E-state index in [4.69, 9.17) is 39.1 Å². The maximum absolute atomic E-state index is 8.82. The fourth-order valence-electron chi connectivity index (χ4n) is 11.7. The van der Waals surface area contributed by atoms with Gasteiger partial charge in [0.05, 0.1) is 34.5 Å². The van der Waals surface area contributed by atoms with Gasteiger partial charge in [-0.15, -0.1) is 0 Å². The molecule has 1 unspecified atom stereocenters. The number of nitrogens with zero attached hydrogens (tertiary/aromatic N) is 4. The Bertz CT molecular complexity index is 2900. The lowest BCUT2D eigenvalue weighted by Crippen LogP contribution is -2.38. The molecule has 0 amide bonds. The summed E-state index contributed by atoms with van der Waals surface area (Å²) >= 11 is 0. The van der Waals surface area contributed by atoms with Crippen LogP contribution in [0.1, 0.15) is 85.8 Å². The number of rotatable bonds is 12. The molecule has 0 N–H and O–H groups in total. The van der Waals surface area contributed by atoms with Gasteiger partial charge in [0.25, 0.3) is 0 Å². The van der Waals surface area contributed by atoms with Gasteiger partial charge in [0.2, 0.25) is 0 Å². The fraction of sp³-hybridized carbons (Fsp3) is 0.345. The second kappa shape index (κ2) is 17.2. The molecule has 66 heavy (non-hydrogen) atoms. The van der Waals surface area contributed by atoms with E-state index in [0.29, 0.717) is 41.6 Å². The first-order valence-electron chi connectivity index (χ1n) is 23.1. The summed E-state index contributed by atoms with van der Waals surface area (Å²) in [5.74, 6) is 3.28. The molecule has 2 fully saturated rings. The molecule has 11 heteroatoms. The van der Waals surface area contributed by atoms with Gasteiger partial charge in [0.1, 0.15) is 23.0 Å². The molecule has 10 rings (SSSR count). The second-order valence-corrected chi connectivity index (χ2v) is 18.1. The molecular formula is C55H56N4O7. The van der Waals surface area contributed by atoms with E-state index >= 15 is 0 Å². The van der Waals surface area contributed by atoms with Crippen LogP contribution in [0.2, 0.25) is 0 Å². The molecule has 6 aromatic carbocycles. The zero-order valence-corrected chi connectivity index (χ0v) is 38.6. The number of hydrogen-bond acceptors (Lipinski definition) is 9. The molecular weight excluding hydrogens is 829 g/mol. The smallest absolute Gasteiger partial charge is 0.179 e. The van der Waals surface area contributed by atoms with Gasteiger partial charge < -0.3 is 28.6 Å². The highest BCUT2D eigenvalue weighted by Gasteiger charge is 2.52. The predicted octanol–water partition coefficient (Wildman–Crippen LogP) is 13.2. The first kappa shape index (κ1) is 43.1. The molecule has 6 aromatic rings. The Morgan fingerprint density at radius 2 is 1.45 bits per heavy atom. The van der Waals surface area contributed by atoms with Gasteiger partial charge in [0, 0.05) is 68.4 Å². The highest BCUT2D eigenvalue weighted by atomic mass is 17.3. The summed E-state index contributed by atoms with van der Waals surface area (Å²) in [5, 5.41) is 5.16. The molecule has 0 radical (unpaired) electrons. The Morgan fingerprint density at radius 3 is 2.15 bits per heavy atom. The van der Waals surface area contributed by atoms with Gasteiger partial charge in [-0.2, -0.15) is 0 Å². The Kier molecular flexibility index (Phi) is 11.2. The maximum Gasteiger partial charge on any atom is 0.179 e. The number of aryl methyl sites for hydroxylation is 1. The van der Waals surface area contributed by atoms with Gasteiger partial charge in [-0.3, -0.25) is 4.89 Å². The van der Waals surface area contributed by atoms with Crippen molar-refractivity contribution in [2.24, 2.45) is 10.7 Å². The fourth-order valence-corrected chi connectivity index (χ4v) is 11.7. The van der Waals surface area contributed by atoms with Crippen LogP contribution in [0.5, 0.6) is 28.7 Å². The standard InChI is InChI=1S/C55H56N4O7/c1-7-53(8-2)23-25-54(26-24-53)47-12-10-9-11-41(47)50-44-33-43(40-19-17-38(60-4)32-48(40)61-5)49(62-6)34-45(44)52-42(51(50)54)21-22-55(64-52,46-20-18-39(31-35(46)3)65-66-58-57-56)36-13-15-37(16-14-36)59-27-29-63-30-28-59/h9-22,31-34H,7-8,23-30H2,1-6H3. The molecule has 4 aliphatic rings. The normalized spacial score (nSPS) is 18.7. The number of methoxy groups -OCH3 is 3. The van der Waals surface area contributed by atoms with Crippen molar-refractivity contribution in [3.63, 3.8) is 0 Å². The van der Waals surface area contributed by atoms with Crippen molar-refractivity contribution in [2.45, 2.75) is 70.3 Å². The molecule has 338 valence electrons. The van der Waals surface area contributed by atoms with Crippen LogP contribution in [0.25, 0.3) is 49.5 Å². The number of fused-ring (bicyclic) bond motifs is 10. The van der Waals surface area contributed by atoms with E-state index in [-0.39, 0.29) is 5.41 Å². The Hall–Kier alpha value is -6.81. The summed E-state index contributed by atoms with van der Waals surface area (Å²) in [6, 6.07) is 33.9. The van der Waals surface area contributed by atoms with Crippen molar-refractivity contribution in [3.8, 4) is 51.0 Å². The summed E-state index contributed by atoms with van der Waals surface area (Å²) in [6.45, 7) is 9.83. The zero-order chi connectivity index (χ0) is 45.6. The molecule has 2 heterocycles. The first-order valence-corrected chi connectivity index (χ1v) is 23.1. The van der Waals surface area contributed by atoms with Gasteiger partial charge >= 0.3 is 0 Å². The van der Waals surface area contributed by atoms with E-state index < -0.39 is 5.60 Å². The van der Waals surface area contributed by atoms with Gasteiger partial charge in [-0.1, -0.05) is 75.2 Å². The molecule has 1 spiro atoms. The number of hydrogen-bond donors (Lipinski definition) is 0. The topological polar surface area (TPSA) is 117 Å². The molecule has 1 saturated heterocycles. The summed E-state index contributed by atoms with van der Waals surface area (Å²) in [5.41, 5.74) is 19.9. The van der Waals surface area contributed by atoms with Crippen LogP contribution < -0.4 is 28.7 Å². The first-order chi connectivity index (χ1) is 32.3. The summed E-state index contributed by atoms with van der Waals surface area (Å²) in [7, 11) is 5.08. The highest BCUT2D eigenvalue weighted by Crippen LogP contribution is 2.65. The molecule has 0 bridgehead atoms. The highest BCUT2D eigenvalue weighted by molar-refractivity contribution is 6.11. The van der Waals surface area contributed by atoms with E-state index in [1.165, 1.54) is 35.1 Å². The van der Waals surface area contributed by atoms with Gasteiger partial charge in [-0.05, 0) is 131 Å². The van der Waals surface area contributed by atoms with Crippen molar-refractivity contribution in [3.05, 3.63) is 147 Å². The third-order valence-corrected chi connectivity index (χ3v) is 15.4. The number of ether oxygens (including phenoxy) is 5. The molecule has 0 aromatic heterocycles. The summed E-state index contributed by atoms with van der Waals surface area (Å²) < 4.78 is 31.6.